The van der Waals surface area contributed by atoms with E-state index in [1.807, 2.05) is 18.7 Å². The Morgan fingerprint density at radius 2 is 1.93 bits per heavy atom. The van der Waals surface area contributed by atoms with Crippen molar-refractivity contribution in [1.29, 1.82) is 0 Å². The van der Waals surface area contributed by atoms with Gasteiger partial charge < -0.3 is 4.90 Å². The summed E-state index contributed by atoms with van der Waals surface area (Å²) in [4.78, 5) is 14.0. The quantitative estimate of drug-likeness (QED) is 0.725. The van der Waals surface area contributed by atoms with E-state index in [1.165, 1.54) is 25.7 Å². The molecule has 2 nitrogen and oxygen atoms in total. The molecule has 0 atom stereocenters. The Balaban J connectivity index is 2.41. The van der Waals surface area contributed by atoms with Crippen LogP contribution in [0.4, 0.5) is 0 Å². The van der Waals surface area contributed by atoms with Crippen LogP contribution in [0.2, 0.25) is 0 Å². The Morgan fingerprint density at radius 1 is 1.40 bits per heavy atom. The van der Waals surface area contributed by atoms with E-state index in [0.29, 0.717) is 0 Å². The summed E-state index contributed by atoms with van der Waals surface area (Å²) in [5, 5.41) is 0. The Bertz CT molecular complexity index is 214. The Labute approximate surface area is 102 Å². The van der Waals surface area contributed by atoms with Gasteiger partial charge >= 0.3 is 0 Å². The average Bonchev–Trinajstić information content (AvgIpc) is 2.17. The third-order valence-corrected chi connectivity index (χ3v) is 3.45. The van der Waals surface area contributed by atoms with Crippen LogP contribution in [0.3, 0.4) is 0 Å². The van der Waals surface area contributed by atoms with Crippen LogP contribution in [-0.2, 0) is 4.79 Å². The first-order chi connectivity index (χ1) is 6.95. The molecule has 0 aromatic rings. The lowest BCUT2D eigenvalue weighted by atomic mass is 9.92. The highest BCUT2D eigenvalue weighted by Gasteiger charge is 2.31. The van der Waals surface area contributed by atoms with Crippen LogP contribution in [0.25, 0.3) is 0 Å². The number of amides is 1. The van der Waals surface area contributed by atoms with E-state index in [0.717, 1.165) is 19.0 Å². The molecule has 15 heavy (non-hydrogen) atoms. The summed E-state index contributed by atoms with van der Waals surface area (Å²) in [6.07, 6.45) is 4.95. The van der Waals surface area contributed by atoms with Gasteiger partial charge in [-0.15, -0.1) is 0 Å². The SMILES string of the molecule is CCCC1CCN(C(=O)C(C)(C)Br)CC1. The van der Waals surface area contributed by atoms with Crippen LogP contribution in [-0.4, -0.2) is 28.2 Å². The highest BCUT2D eigenvalue weighted by molar-refractivity contribution is 9.10. The van der Waals surface area contributed by atoms with Gasteiger partial charge in [-0.25, -0.2) is 0 Å². The van der Waals surface area contributed by atoms with Crippen LogP contribution < -0.4 is 0 Å². The van der Waals surface area contributed by atoms with Crippen LogP contribution in [0.15, 0.2) is 0 Å². The van der Waals surface area contributed by atoms with Gasteiger partial charge in [-0.1, -0.05) is 35.7 Å². The maximum atomic E-state index is 12.0. The second-order valence-electron chi connectivity index (χ2n) is 5.00. The van der Waals surface area contributed by atoms with E-state index in [9.17, 15) is 4.79 Å². The van der Waals surface area contributed by atoms with Crippen molar-refractivity contribution in [3.63, 3.8) is 0 Å². The molecule has 1 aliphatic heterocycles. The maximum absolute atomic E-state index is 12.0. The first kappa shape index (κ1) is 13.0. The number of piperidine rings is 1. The fourth-order valence-corrected chi connectivity index (χ4v) is 2.46. The van der Waals surface area contributed by atoms with Gasteiger partial charge in [-0.3, -0.25) is 4.79 Å². The van der Waals surface area contributed by atoms with Crippen molar-refractivity contribution < 1.29 is 4.79 Å². The number of rotatable bonds is 3. The molecule has 0 N–H and O–H groups in total. The largest absolute Gasteiger partial charge is 0.341 e. The second kappa shape index (κ2) is 5.33. The summed E-state index contributed by atoms with van der Waals surface area (Å²) in [6.45, 7) is 7.97. The van der Waals surface area contributed by atoms with Gasteiger partial charge in [0, 0.05) is 13.1 Å². The molecule has 0 radical (unpaired) electrons. The fourth-order valence-electron chi connectivity index (χ4n) is 2.21. The van der Waals surface area contributed by atoms with E-state index in [4.69, 9.17) is 0 Å². The number of hydrogen-bond donors (Lipinski definition) is 0. The van der Waals surface area contributed by atoms with Crippen molar-refractivity contribution in [2.45, 2.75) is 50.8 Å². The summed E-state index contributed by atoms with van der Waals surface area (Å²) in [5.74, 6) is 1.08. The van der Waals surface area contributed by atoms with Gasteiger partial charge in [0.1, 0.15) is 0 Å². The van der Waals surface area contributed by atoms with E-state index in [2.05, 4.69) is 22.9 Å². The standard InChI is InChI=1S/C12H22BrNO/c1-4-5-10-6-8-14(9-7-10)11(15)12(2,3)13/h10H,4-9H2,1-3H3. The number of likely N-dealkylation sites (tertiary alicyclic amines) is 1. The maximum Gasteiger partial charge on any atom is 0.238 e. The number of carbonyl (C=O) groups is 1. The zero-order valence-corrected chi connectivity index (χ0v) is 11.6. The lowest BCUT2D eigenvalue weighted by molar-refractivity contribution is -0.134. The third kappa shape index (κ3) is 3.78. The van der Waals surface area contributed by atoms with Crippen LogP contribution in [0.1, 0.15) is 46.5 Å². The van der Waals surface area contributed by atoms with Gasteiger partial charge in [0.05, 0.1) is 4.32 Å². The summed E-state index contributed by atoms with van der Waals surface area (Å²) in [5.41, 5.74) is 0. The molecule has 0 aromatic carbocycles. The van der Waals surface area contributed by atoms with E-state index in [-0.39, 0.29) is 5.91 Å². The molecule has 1 heterocycles. The normalized spacial score (nSPS) is 19.3. The summed E-state index contributed by atoms with van der Waals surface area (Å²) in [6, 6.07) is 0. The van der Waals surface area contributed by atoms with Crippen molar-refractivity contribution in [1.82, 2.24) is 4.90 Å². The zero-order chi connectivity index (χ0) is 11.5. The molecule has 88 valence electrons. The van der Waals surface area contributed by atoms with E-state index in [1.54, 1.807) is 0 Å². The summed E-state index contributed by atoms with van der Waals surface area (Å²) < 4.78 is -0.398. The Hall–Kier alpha value is -0.0500. The van der Waals surface area contributed by atoms with Crippen molar-refractivity contribution in [3.05, 3.63) is 0 Å². The Kier molecular flexibility index (Phi) is 4.63. The molecule has 1 fully saturated rings. The molecule has 1 aliphatic rings. The minimum Gasteiger partial charge on any atom is -0.341 e. The molecule has 0 saturated carbocycles. The van der Waals surface area contributed by atoms with Gasteiger partial charge in [0.2, 0.25) is 5.91 Å². The number of nitrogens with zero attached hydrogens (tertiary/aromatic N) is 1. The number of halogens is 1. The minimum absolute atomic E-state index is 0.234. The monoisotopic (exact) mass is 275 g/mol. The van der Waals surface area contributed by atoms with Crippen LogP contribution >= 0.6 is 15.9 Å². The molecule has 0 aliphatic carbocycles. The molecule has 1 rings (SSSR count). The molecule has 0 bridgehead atoms. The van der Waals surface area contributed by atoms with E-state index >= 15 is 0 Å². The molecule has 0 aromatic heterocycles. The van der Waals surface area contributed by atoms with Gasteiger partial charge in [0.15, 0.2) is 0 Å². The highest BCUT2D eigenvalue weighted by Crippen LogP contribution is 2.26. The minimum atomic E-state index is -0.398. The average molecular weight is 276 g/mol. The summed E-state index contributed by atoms with van der Waals surface area (Å²) >= 11 is 3.43. The number of carbonyl (C=O) groups excluding carboxylic acids is 1. The molecule has 0 unspecified atom stereocenters. The zero-order valence-electron chi connectivity index (χ0n) is 10.1. The molecule has 0 spiro atoms. The van der Waals surface area contributed by atoms with Crippen molar-refractivity contribution in [2.75, 3.05) is 13.1 Å². The fraction of sp³-hybridized carbons (Fsp3) is 0.917. The van der Waals surface area contributed by atoms with E-state index < -0.39 is 4.32 Å². The molecule has 1 amide bonds. The van der Waals surface area contributed by atoms with Crippen molar-refractivity contribution >= 4 is 21.8 Å². The molecule has 1 saturated heterocycles. The van der Waals surface area contributed by atoms with Crippen LogP contribution in [0.5, 0.6) is 0 Å². The Morgan fingerprint density at radius 3 is 2.33 bits per heavy atom. The van der Waals surface area contributed by atoms with Gasteiger partial charge in [-0.05, 0) is 32.6 Å². The topological polar surface area (TPSA) is 20.3 Å². The second-order valence-corrected chi connectivity index (χ2v) is 6.98. The summed E-state index contributed by atoms with van der Waals surface area (Å²) in [7, 11) is 0. The van der Waals surface area contributed by atoms with Gasteiger partial charge in [0.25, 0.3) is 0 Å². The van der Waals surface area contributed by atoms with Crippen LogP contribution in [0, 0.1) is 5.92 Å². The number of alkyl halides is 1. The first-order valence-corrected chi connectivity index (χ1v) is 6.72. The van der Waals surface area contributed by atoms with Crippen molar-refractivity contribution in [2.24, 2.45) is 5.92 Å². The van der Waals surface area contributed by atoms with Gasteiger partial charge in [-0.2, -0.15) is 0 Å². The highest BCUT2D eigenvalue weighted by atomic mass is 79.9. The lowest BCUT2D eigenvalue weighted by Crippen LogP contribution is -2.45. The lowest BCUT2D eigenvalue weighted by Gasteiger charge is -2.35. The predicted octanol–water partition coefficient (Wildman–Crippen LogP) is 3.20. The molecule has 3 heteroatoms. The van der Waals surface area contributed by atoms with Crippen molar-refractivity contribution in [3.8, 4) is 0 Å². The number of hydrogen-bond acceptors (Lipinski definition) is 1. The third-order valence-electron chi connectivity index (χ3n) is 3.11. The first-order valence-electron chi connectivity index (χ1n) is 5.93. The molecular formula is C12H22BrNO. The molecular weight excluding hydrogens is 254 g/mol. The predicted molar refractivity (Wildman–Crippen MR) is 67.2 cm³/mol. The smallest absolute Gasteiger partial charge is 0.238 e.